The fourth-order valence-electron chi connectivity index (χ4n) is 4.47. The van der Waals surface area contributed by atoms with Gasteiger partial charge in [-0.15, -0.1) is 0 Å². The normalized spacial score (nSPS) is 16.1. The van der Waals surface area contributed by atoms with Gasteiger partial charge < -0.3 is 25.0 Å². The van der Waals surface area contributed by atoms with Crippen LogP contribution in [0.25, 0.3) is 11.1 Å². The SMILES string of the molecule is CC(C(=O)O)N1CCN(C(=O)/C=C/CNC(=O)OCC2c3ccccc3-c3ccccc32)CC1=O. The molecule has 0 radical (unpaired) electrons. The van der Waals surface area contributed by atoms with Gasteiger partial charge >= 0.3 is 12.1 Å². The van der Waals surface area contributed by atoms with Crippen molar-refractivity contribution in [3.05, 3.63) is 71.8 Å². The van der Waals surface area contributed by atoms with Gasteiger partial charge in [-0.2, -0.15) is 0 Å². The van der Waals surface area contributed by atoms with Crippen molar-refractivity contribution in [3.8, 4) is 11.1 Å². The van der Waals surface area contributed by atoms with E-state index in [1.807, 2.05) is 36.4 Å². The topological polar surface area (TPSA) is 116 Å². The number of nitrogens with zero attached hydrogens (tertiary/aromatic N) is 2. The zero-order valence-electron chi connectivity index (χ0n) is 19.3. The lowest BCUT2D eigenvalue weighted by atomic mass is 9.98. The van der Waals surface area contributed by atoms with Gasteiger partial charge in [0.25, 0.3) is 0 Å². The first-order chi connectivity index (χ1) is 16.9. The zero-order chi connectivity index (χ0) is 24.9. The average molecular weight is 478 g/mol. The summed E-state index contributed by atoms with van der Waals surface area (Å²) in [5, 5.41) is 11.7. The minimum atomic E-state index is -1.09. The zero-order valence-corrected chi connectivity index (χ0v) is 19.3. The number of piperazine rings is 1. The maximum Gasteiger partial charge on any atom is 0.407 e. The maximum absolute atomic E-state index is 12.3. The van der Waals surface area contributed by atoms with E-state index in [4.69, 9.17) is 9.84 Å². The lowest BCUT2D eigenvalue weighted by Gasteiger charge is -2.35. The second-order valence-corrected chi connectivity index (χ2v) is 8.47. The summed E-state index contributed by atoms with van der Waals surface area (Å²) in [5.41, 5.74) is 4.55. The van der Waals surface area contributed by atoms with E-state index in [9.17, 15) is 19.2 Å². The van der Waals surface area contributed by atoms with Gasteiger partial charge in [0, 0.05) is 31.6 Å². The van der Waals surface area contributed by atoms with E-state index >= 15 is 0 Å². The minimum Gasteiger partial charge on any atom is -0.480 e. The van der Waals surface area contributed by atoms with Gasteiger partial charge in [-0.25, -0.2) is 9.59 Å². The Kier molecular flexibility index (Phi) is 7.14. The summed E-state index contributed by atoms with van der Waals surface area (Å²) in [6.45, 7) is 1.94. The van der Waals surface area contributed by atoms with Crippen LogP contribution in [0, 0.1) is 0 Å². The number of aliphatic carboxylic acids is 1. The predicted octanol–water partition coefficient (Wildman–Crippen LogP) is 2.23. The molecule has 2 aliphatic rings. The first-order valence-electron chi connectivity index (χ1n) is 11.4. The van der Waals surface area contributed by atoms with Crippen LogP contribution in [-0.2, 0) is 19.1 Å². The van der Waals surface area contributed by atoms with Gasteiger partial charge in [-0.05, 0) is 29.2 Å². The van der Waals surface area contributed by atoms with Crippen molar-refractivity contribution in [2.45, 2.75) is 18.9 Å². The number of rotatable bonds is 7. The molecule has 9 nitrogen and oxygen atoms in total. The van der Waals surface area contributed by atoms with Crippen LogP contribution < -0.4 is 5.32 Å². The monoisotopic (exact) mass is 477 g/mol. The number of hydrogen-bond donors (Lipinski definition) is 2. The van der Waals surface area contributed by atoms with Gasteiger partial charge in [0.2, 0.25) is 11.8 Å². The van der Waals surface area contributed by atoms with Crippen LogP contribution in [0.1, 0.15) is 24.0 Å². The molecule has 2 N–H and O–H groups in total. The number of alkyl carbamates (subject to hydrolysis) is 1. The summed E-state index contributed by atoms with van der Waals surface area (Å²) in [5.74, 6) is -1.91. The van der Waals surface area contributed by atoms with Crippen molar-refractivity contribution in [2.24, 2.45) is 0 Å². The Morgan fingerprint density at radius 2 is 1.71 bits per heavy atom. The van der Waals surface area contributed by atoms with Crippen LogP contribution in [0.3, 0.4) is 0 Å². The standard InChI is InChI=1S/C26H27N3O6/c1-17(25(32)33)29-14-13-28(15-24(29)31)23(30)11-6-12-27-26(34)35-16-22-20-9-4-2-7-18(20)19-8-3-5-10-21(19)22/h2-11,17,22H,12-16H2,1H3,(H,27,34)(H,32,33)/b11-6+. The van der Waals surface area contributed by atoms with E-state index in [0.29, 0.717) is 0 Å². The second-order valence-electron chi connectivity index (χ2n) is 8.47. The van der Waals surface area contributed by atoms with Gasteiger partial charge in [-0.1, -0.05) is 54.6 Å². The third-order valence-electron chi connectivity index (χ3n) is 6.36. The molecule has 9 heteroatoms. The van der Waals surface area contributed by atoms with Crippen LogP contribution in [0.5, 0.6) is 0 Å². The largest absolute Gasteiger partial charge is 0.480 e. The fourth-order valence-corrected chi connectivity index (χ4v) is 4.47. The van der Waals surface area contributed by atoms with Crippen molar-refractivity contribution >= 4 is 23.9 Å². The Balaban J connectivity index is 1.23. The summed E-state index contributed by atoms with van der Waals surface area (Å²) in [6, 6.07) is 15.2. The fraction of sp³-hybridized carbons (Fsp3) is 0.308. The molecule has 0 spiro atoms. The number of nitrogens with one attached hydrogen (secondary N) is 1. The number of carbonyl (C=O) groups excluding carboxylic acids is 3. The van der Waals surface area contributed by atoms with Gasteiger partial charge in [0.1, 0.15) is 19.2 Å². The molecule has 2 aromatic rings. The van der Waals surface area contributed by atoms with E-state index in [1.165, 1.54) is 28.9 Å². The van der Waals surface area contributed by atoms with Crippen molar-refractivity contribution < 1.29 is 29.0 Å². The highest BCUT2D eigenvalue weighted by Gasteiger charge is 2.32. The van der Waals surface area contributed by atoms with Crippen molar-refractivity contribution in [1.29, 1.82) is 0 Å². The van der Waals surface area contributed by atoms with Crippen LogP contribution in [0.4, 0.5) is 4.79 Å². The quantitative estimate of drug-likeness (QED) is 0.591. The van der Waals surface area contributed by atoms with Crippen molar-refractivity contribution in [1.82, 2.24) is 15.1 Å². The number of hydrogen-bond acceptors (Lipinski definition) is 5. The summed E-state index contributed by atoms with van der Waals surface area (Å²) in [7, 11) is 0. The molecule has 0 saturated carbocycles. The van der Waals surface area contributed by atoms with Crippen molar-refractivity contribution in [3.63, 3.8) is 0 Å². The Bertz CT molecular complexity index is 1130. The number of carbonyl (C=O) groups is 4. The minimum absolute atomic E-state index is 0.0367. The molecule has 35 heavy (non-hydrogen) atoms. The first kappa shape index (κ1) is 24.0. The molecule has 0 aromatic heterocycles. The maximum atomic E-state index is 12.3. The molecule has 1 fully saturated rings. The lowest BCUT2D eigenvalue weighted by Crippen LogP contribution is -2.56. The number of fused-ring (bicyclic) bond motifs is 3. The van der Waals surface area contributed by atoms with Gasteiger partial charge in [0.05, 0.1) is 0 Å². The lowest BCUT2D eigenvalue weighted by molar-refractivity contribution is -0.153. The van der Waals surface area contributed by atoms with Crippen LogP contribution in [-0.4, -0.2) is 77.6 Å². The molecule has 0 bridgehead atoms. The Labute approximate surface area is 203 Å². The number of ether oxygens (including phenoxy) is 1. The smallest absolute Gasteiger partial charge is 0.407 e. The van der Waals surface area contributed by atoms with Gasteiger partial charge in [0.15, 0.2) is 0 Å². The molecule has 182 valence electrons. The highest BCUT2D eigenvalue weighted by molar-refractivity contribution is 5.93. The van der Waals surface area contributed by atoms with Gasteiger partial charge in [-0.3, -0.25) is 9.59 Å². The Morgan fingerprint density at radius 3 is 2.31 bits per heavy atom. The molecule has 1 heterocycles. The highest BCUT2D eigenvalue weighted by atomic mass is 16.5. The van der Waals surface area contributed by atoms with E-state index in [1.54, 1.807) is 0 Å². The molecule has 1 atom stereocenters. The van der Waals surface area contributed by atoms with Crippen molar-refractivity contribution in [2.75, 3.05) is 32.8 Å². The van der Waals surface area contributed by atoms with Crippen LogP contribution in [0.15, 0.2) is 60.7 Å². The molecule has 4 rings (SSSR count). The van der Waals surface area contributed by atoms with Crippen LogP contribution in [0.2, 0.25) is 0 Å². The molecule has 3 amide bonds. The van der Waals surface area contributed by atoms with E-state index in [-0.39, 0.29) is 44.6 Å². The molecule has 1 aliphatic heterocycles. The second kappa shape index (κ2) is 10.4. The number of carboxylic acids is 1. The molecular formula is C26H27N3O6. The third-order valence-corrected chi connectivity index (χ3v) is 6.36. The number of benzene rings is 2. The average Bonchev–Trinajstić information content (AvgIpc) is 3.18. The van der Waals surface area contributed by atoms with E-state index < -0.39 is 24.0 Å². The number of amides is 3. The molecule has 1 saturated heterocycles. The predicted molar refractivity (Wildman–Crippen MR) is 128 cm³/mol. The van der Waals surface area contributed by atoms with E-state index in [2.05, 4.69) is 17.4 Å². The third kappa shape index (κ3) is 5.18. The Morgan fingerprint density at radius 1 is 1.09 bits per heavy atom. The van der Waals surface area contributed by atoms with E-state index in [0.717, 1.165) is 22.3 Å². The summed E-state index contributed by atoms with van der Waals surface area (Å²) in [4.78, 5) is 50.4. The molecule has 1 unspecified atom stereocenters. The molecule has 2 aromatic carbocycles. The first-order valence-corrected chi connectivity index (χ1v) is 11.4. The summed E-state index contributed by atoms with van der Waals surface area (Å²) in [6.07, 6.45) is 2.18. The highest BCUT2D eigenvalue weighted by Crippen LogP contribution is 2.44. The van der Waals surface area contributed by atoms with Crippen LogP contribution >= 0.6 is 0 Å². The number of carboxylic acid groups (broad SMARTS) is 1. The molecular weight excluding hydrogens is 450 g/mol. The molecule has 1 aliphatic carbocycles. The summed E-state index contributed by atoms with van der Waals surface area (Å²) >= 11 is 0. The Hall–Kier alpha value is -4.14. The summed E-state index contributed by atoms with van der Waals surface area (Å²) < 4.78 is 5.45.